The van der Waals surface area contributed by atoms with Crippen LogP contribution in [-0.2, 0) is 11.3 Å². The van der Waals surface area contributed by atoms with Crippen LogP contribution in [0, 0.1) is 12.9 Å². The summed E-state index contributed by atoms with van der Waals surface area (Å²) in [7, 11) is 1.63. The molecule has 0 aliphatic carbocycles. The monoisotopic (exact) mass is 254 g/mol. The van der Waals surface area contributed by atoms with Crippen molar-refractivity contribution in [2.45, 2.75) is 39.8 Å². The number of aryl methyl sites for hydroxylation is 1. The Balaban J connectivity index is 2.66. The number of nitrogens with zero attached hydrogens (tertiary/aromatic N) is 2. The van der Waals surface area contributed by atoms with Crippen molar-refractivity contribution < 1.29 is 13.9 Å². The smallest absolute Gasteiger partial charge is 0.410 e. The normalized spacial score (nSPS) is 11.2. The minimum Gasteiger partial charge on any atom is -0.444 e. The van der Waals surface area contributed by atoms with Gasteiger partial charge in [-0.3, -0.25) is 0 Å². The number of rotatable bonds is 2. The Morgan fingerprint density at radius 3 is 2.61 bits per heavy atom. The lowest BCUT2D eigenvalue weighted by Gasteiger charge is -2.24. The topological polar surface area (TPSA) is 42.4 Å². The largest absolute Gasteiger partial charge is 0.444 e. The molecule has 1 heterocycles. The summed E-state index contributed by atoms with van der Waals surface area (Å²) < 4.78 is 18.2. The predicted octanol–water partition coefficient (Wildman–Crippen LogP) is 2.90. The zero-order chi connectivity index (χ0) is 13.9. The van der Waals surface area contributed by atoms with Crippen LogP contribution in [0.3, 0.4) is 0 Å². The second-order valence-electron chi connectivity index (χ2n) is 5.29. The lowest BCUT2D eigenvalue weighted by Crippen LogP contribution is -2.33. The zero-order valence-electron chi connectivity index (χ0n) is 11.5. The molecular formula is C13H19FN2O2. The molecule has 0 atom stereocenters. The van der Waals surface area contributed by atoms with E-state index in [1.165, 1.54) is 11.1 Å². The first-order valence-corrected chi connectivity index (χ1v) is 5.74. The summed E-state index contributed by atoms with van der Waals surface area (Å²) in [5.41, 5.74) is 0.704. The van der Waals surface area contributed by atoms with Crippen LogP contribution < -0.4 is 0 Å². The van der Waals surface area contributed by atoms with Gasteiger partial charge in [0.25, 0.3) is 0 Å². The molecule has 100 valence electrons. The van der Waals surface area contributed by atoms with E-state index in [-0.39, 0.29) is 0 Å². The average Bonchev–Trinajstić information content (AvgIpc) is 2.21. The van der Waals surface area contributed by atoms with Crippen molar-refractivity contribution in [3.8, 4) is 0 Å². The van der Waals surface area contributed by atoms with Crippen molar-refractivity contribution in [3.05, 3.63) is 29.3 Å². The van der Waals surface area contributed by atoms with E-state index >= 15 is 0 Å². The van der Waals surface area contributed by atoms with Gasteiger partial charge in [0.15, 0.2) is 0 Å². The highest BCUT2D eigenvalue weighted by Crippen LogP contribution is 2.12. The van der Waals surface area contributed by atoms with Crippen LogP contribution in [0.4, 0.5) is 9.18 Å². The molecule has 1 amide bonds. The van der Waals surface area contributed by atoms with Crippen molar-refractivity contribution in [2.75, 3.05) is 7.05 Å². The standard InChI is InChI=1S/C13H19FN2O2/c1-9-6-10(7-15-11(9)14)8-16(5)12(17)18-13(2,3)4/h6-7H,8H2,1-5H3. The van der Waals surface area contributed by atoms with Gasteiger partial charge >= 0.3 is 6.09 Å². The van der Waals surface area contributed by atoms with Crippen molar-refractivity contribution >= 4 is 6.09 Å². The number of amides is 1. The SMILES string of the molecule is Cc1cc(CN(C)C(=O)OC(C)(C)C)cnc1F. The van der Waals surface area contributed by atoms with Gasteiger partial charge in [-0.25, -0.2) is 9.78 Å². The highest BCUT2D eigenvalue weighted by molar-refractivity contribution is 5.67. The van der Waals surface area contributed by atoms with Gasteiger partial charge in [-0.05, 0) is 39.3 Å². The van der Waals surface area contributed by atoms with E-state index in [9.17, 15) is 9.18 Å². The Morgan fingerprint density at radius 1 is 1.50 bits per heavy atom. The summed E-state index contributed by atoms with van der Waals surface area (Å²) >= 11 is 0. The molecule has 0 N–H and O–H groups in total. The number of ether oxygens (including phenoxy) is 1. The third-order valence-corrected chi connectivity index (χ3v) is 2.20. The molecule has 1 rings (SSSR count). The molecule has 0 aliphatic heterocycles. The molecule has 0 aliphatic rings. The summed E-state index contributed by atoms with van der Waals surface area (Å²) in [5.74, 6) is -0.487. The van der Waals surface area contributed by atoms with E-state index in [2.05, 4.69) is 4.98 Å². The molecule has 1 aromatic heterocycles. The highest BCUT2D eigenvalue weighted by atomic mass is 19.1. The molecule has 0 saturated carbocycles. The molecule has 0 radical (unpaired) electrons. The third kappa shape index (κ3) is 4.31. The summed E-state index contributed by atoms with van der Waals surface area (Å²) in [4.78, 5) is 16.8. The molecule has 0 bridgehead atoms. The molecule has 0 saturated heterocycles. The van der Waals surface area contributed by atoms with Gasteiger partial charge in [-0.2, -0.15) is 4.39 Å². The van der Waals surface area contributed by atoms with Crippen LogP contribution >= 0.6 is 0 Å². The lowest BCUT2D eigenvalue weighted by atomic mass is 10.2. The molecular weight excluding hydrogens is 235 g/mol. The van der Waals surface area contributed by atoms with Gasteiger partial charge in [0, 0.05) is 18.8 Å². The Bertz CT molecular complexity index is 441. The summed E-state index contributed by atoms with van der Waals surface area (Å²) in [6, 6.07) is 1.67. The molecule has 0 spiro atoms. The van der Waals surface area contributed by atoms with E-state index in [1.54, 1.807) is 20.0 Å². The summed E-state index contributed by atoms with van der Waals surface area (Å²) in [6.07, 6.45) is 1.01. The molecule has 0 fully saturated rings. The van der Waals surface area contributed by atoms with Crippen LogP contribution in [0.2, 0.25) is 0 Å². The van der Waals surface area contributed by atoms with Crippen LogP contribution in [0.25, 0.3) is 0 Å². The highest BCUT2D eigenvalue weighted by Gasteiger charge is 2.19. The first-order valence-electron chi connectivity index (χ1n) is 5.74. The van der Waals surface area contributed by atoms with E-state index in [0.717, 1.165) is 5.56 Å². The van der Waals surface area contributed by atoms with Gasteiger partial charge < -0.3 is 9.64 Å². The maximum absolute atomic E-state index is 13.0. The number of aromatic nitrogens is 1. The van der Waals surface area contributed by atoms with Crippen molar-refractivity contribution in [1.82, 2.24) is 9.88 Å². The lowest BCUT2D eigenvalue weighted by molar-refractivity contribution is 0.0285. The van der Waals surface area contributed by atoms with E-state index in [0.29, 0.717) is 12.1 Å². The Labute approximate surface area is 107 Å². The minimum atomic E-state index is -0.525. The van der Waals surface area contributed by atoms with Gasteiger partial charge in [0.1, 0.15) is 5.60 Å². The van der Waals surface area contributed by atoms with Gasteiger partial charge in [0.05, 0.1) is 6.54 Å². The number of hydrogen-bond acceptors (Lipinski definition) is 3. The van der Waals surface area contributed by atoms with Gasteiger partial charge in [-0.1, -0.05) is 0 Å². The van der Waals surface area contributed by atoms with Crippen molar-refractivity contribution in [2.24, 2.45) is 0 Å². The third-order valence-electron chi connectivity index (χ3n) is 2.20. The van der Waals surface area contributed by atoms with Crippen LogP contribution in [0.5, 0.6) is 0 Å². The van der Waals surface area contributed by atoms with Gasteiger partial charge in [-0.15, -0.1) is 0 Å². The zero-order valence-corrected chi connectivity index (χ0v) is 11.5. The van der Waals surface area contributed by atoms with E-state index in [4.69, 9.17) is 4.74 Å². The first kappa shape index (κ1) is 14.4. The van der Waals surface area contributed by atoms with Crippen molar-refractivity contribution in [3.63, 3.8) is 0 Å². The van der Waals surface area contributed by atoms with Gasteiger partial charge in [0.2, 0.25) is 5.95 Å². The number of carbonyl (C=O) groups excluding carboxylic acids is 1. The van der Waals surface area contributed by atoms with E-state index < -0.39 is 17.6 Å². The van der Waals surface area contributed by atoms with Crippen LogP contribution in [0.15, 0.2) is 12.3 Å². The van der Waals surface area contributed by atoms with Crippen LogP contribution in [0.1, 0.15) is 31.9 Å². The maximum Gasteiger partial charge on any atom is 0.410 e. The second kappa shape index (κ2) is 5.33. The van der Waals surface area contributed by atoms with E-state index in [1.807, 2.05) is 20.8 Å². The summed E-state index contributed by atoms with van der Waals surface area (Å²) in [5, 5.41) is 0. The first-order chi connectivity index (χ1) is 8.19. The molecule has 18 heavy (non-hydrogen) atoms. The number of hydrogen-bond donors (Lipinski definition) is 0. The number of halogens is 1. The predicted molar refractivity (Wildman–Crippen MR) is 66.6 cm³/mol. The Hall–Kier alpha value is -1.65. The number of pyridine rings is 1. The molecule has 4 nitrogen and oxygen atoms in total. The minimum absolute atomic E-state index is 0.336. The maximum atomic E-state index is 13.0. The van der Waals surface area contributed by atoms with Crippen molar-refractivity contribution in [1.29, 1.82) is 0 Å². The quantitative estimate of drug-likeness (QED) is 0.762. The molecule has 1 aromatic rings. The molecule has 5 heteroatoms. The summed E-state index contributed by atoms with van der Waals surface area (Å²) in [6.45, 7) is 7.40. The second-order valence-corrected chi connectivity index (χ2v) is 5.29. The number of carbonyl (C=O) groups is 1. The fraction of sp³-hybridized carbons (Fsp3) is 0.538. The Morgan fingerprint density at radius 2 is 2.11 bits per heavy atom. The molecule has 0 aromatic carbocycles. The fourth-order valence-corrected chi connectivity index (χ4v) is 1.38. The van der Waals surface area contributed by atoms with Crippen LogP contribution in [-0.4, -0.2) is 28.6 Å². The fourth-order valence-electron chi connectivity index (χ4n) is 1.38. The molecule has 0 unspecified atom stereocenters. The Kier molecular flexibility index (Phi) is 4.27. The average molecular weight is 254 g/mol.